The molecule has 0 aromatic heterocycles. The molecule has 0 saturated heterocycles. The molecule has 2 N–H and O–H groups in total. The number of ether oxygens (including phenoxy) is 2. The second kappa shape index (κ2) is 9.38. The Kier molecular flexibility index (Phi) is 6.80. The van der Waals surface area contributed by atoms with Crippen LogP contribution in [-0.4, -0.2) is 57.8 Å². The van der Waals surface area contributed by atoms with E-state index in [1.807, 2.05) is 0 Å². The van der Waals surface area contributed by atoms with E-state index in [0.29, 0.717) is 18.8 Å². The number of carbonyl (C=O) groups is 3. The number of carboxylic acids is 1. The molecule has 0 spiro atoms. The van der Waals surface area contributed by atoms with Crippen LogP contribution < -0.4 is 0 Å². The number of carboxylic acid groups (broad SMARTS) is 1. The van der Waals surface area contributed by atoms with Gasteiger partial charge in [-0.1, -0.05) is 33.3 Å². The lowest BCUT2D eigenvalue weighted by atomic mass is 9.44. The van der Waals surface area contributed by atoms with Gasteiger partial charge in [-0.05, 0) is 81.4 Å². The molecule has 5 rings (SSSR count). The van der Waals surface area contributed by atoms with Gasteiger partial charge in [-0.25, -0.2) is 18.4 Å². The zero-order chi connectivity index (χ0) is 28.5. The van der Waals surface area contributed by atoms with Crippen LogP contribution >= 0.6 is 0 Å². The third-order valence-corrected chi connectivity index (χ3v) is 11.4. The summed E-state index contributed by atoms with van der Waals surface area (Å²) < 4.78 is 44.4. The van der Waals surface area contributed by atoms with E-state index in [1.165, 1.54) is 19.1 Å². The number of hydrogen-bond donors (Lipinski definition) is 2. The van der Waals surface area contributed by atoms with Gasteiger partial charge in [0, 0.05) is 22.7 Å². The zero-order valence-electron chi connectivity index (χ0n) is 23.1. The van der Waals surface area contributed by atoms with E-state index >= 15 is 8.78 Å². The minimum atomic E-state index is -2.34. The Morgan fingerprint density at radius 3 is 2.41 bits per heavy atom. The van der Waals surface area contributed by atoms with Gasteiger partial charge < -0.3 is 19.7 Å². The van der Waals surface area contributed by atoms with Crippen LogP contribution in [0.3, 0.4) is 0 Å². The van der Waals surface area contributed by atoms with Crippen LogP contribution in [0.4, 0.5) is 13.6 Å². The Balaban J connectivity index is 1.47. The van der Waals surface area contributed by atoms with Gasteiger partial charge in [-0.15, -0.1) is 0 Å². The predicted molar refractivity (Wildman–Crippen MR) is 137 cm³/mol. The summed E-state index contributed by atoms with van der Waals surface area (Å²) in [7, 11) is 0. The fourth-order valence-corrected chi connectivity index (χ4v) is 9.19. The van der Waals surface area contributed by atoms with Crippen LogP contribution in [0.25, 0.3) is 0 Å². The highest BCUT2D eigenvalue weighted by atomic mass is 19.1. The number of halogens is 2. The number of aliphatic hydroxyl groups is 1. The van der Waals surface area contributed by atoms with Gasteiger partial charge in [-0.3, -0.25) is 4.79 Å². The van der Waals surface area contributed by atoms with Crippen LogP contribution in [0.1, 0.15) is 79.1 Å². The van der Waals surface area contributed by atoms with Crippen LogP contribution in [-0.2, 0) is 19.1 Å². The fraction of sp³-hybridized carbons (Fsp3) is 0.767. The van der Waals surface area contributed by atoms with E-state index in [-0.39, 0.29) is 30.9 Å². The first-order chi connectivity index (χ1) is 18.2. The van der Waals surface area contributed by atoms with Gasteiger partial charge in [0.05, 0.1) is 6.10 Å². The minimum absolute atomic E-state index is 0.00423. The van der Waals surface area contributed by atoms with Crippen molar-refractivity contribution in [1.29, 1.82) is 0 Å². The SMILES string of the molecule is CCC1CCC(OC(=O)O[C@]2(C(=O)O)[C@@H](C)C[C@H]3[C@@H]4C[C@@H](F)C5=CC(=O)C=C[C@]5(C)C4(F)[C@H](O)C[C@@]32C)CC1. The lowest BCUT2D eigenvalue weighted by Gasteiger charge is -2.62. The van der Waals surface area contributed by atoms with Crippen LogP contribution in [0.5, 0.6) is 0 Å². The molecule has 0 aromatic rings. The number of allylic oxidation sites excluding steroid dienone is 4. The number of hydrogen-bond acceptors (Lipinski definition) is 6. The van der Waals surface area contributed by atoms with Gasteiger partial charge in [0.25, 0.3) is 0 Å². The average molecular weight is 551 g/mol. The van der Waals surface area contributed by atoms with Crippen molar-refractivity contribution in [3.8, 4) is 0 Å². The molecule has 5 aliphatic carbocycles. The number of carbonyl (C=O) groups excluding carboxylic acids is 2. The summed E-state index contributed by atoms with van der Waals surface area (Å²) in [6, 6.07) is 0. The van der Waals surface area contributed by atoms with Crippen molar-refractivity contribution in [2.75, 3.05) is 0 Å². The third-order valence-electron chi connectivity index (χ3n) is 11.4. The molecule has 39 heavy (non-hydrogen) atoms. The van der Waals surface area contributed by atoms with Crippen LogP contribution in [0, 0.1) is 34.5 Å². The summed E-state index contributed by atoms with van der Waals surface area (Å²) >= 11 is 0. The average Bonchev–Trinajstić information content (AvgIpc) is 3.09. The van der Waals surface area contributed by atoms with Crippen molar-refractivity contribution >= 4 is 17.9 Å². The molecular weight excluding hydrogens is 510 g/mol. The van der Waals surface area contributed by atoms with E-state index in [1.54, 1.807) is 13.8 Å². The second-order valence-electron chi connectivity index (χ2n) is 13.1. The first-order valence-electron chi connectivity index (χ1n) is 14.3. The predicted octanol–water partition coefficient (Wildman–Crippen LogP) is 5.50. The molecule has 0 radical (unpaired) electrons. The molecule has 4 fully saturated rings. The first kappa shape index (κ1) is 28.2. The maximum absolute atomic E-state index is 17.4. The third kappa shape index (κ3) is 3.77. The molecule has 0 aliphatic heterocycles. The fourth-order valence-electron chi connectivity index (χ4n) is 9.19. The van der Waals surface area contributed by atoms with Crippen molar-refractivity contribution in [3.05, 3.63) is 23.8 Å². The number of alkyl halides is 2. The molecular formula is C30H40F2O7. The molecule has 4 saturated carbocycles. The van der Waals surface area contributed by atoms with Crippen molar-refractivity contribution in [3.63, 3.8) is 0 Å². The van der Waals surface area contributed by atoms with Crippen molar-refractivity contribution in [1.82, 2.24) is 0 Å². The summed E-state index contributed by atoms with van der Waals surface area (Å²) in [5, 5.41) is 22.1. The van der Waals surface area contributed by atoms with Crippen molar-refractivity contribution < 1.29 is 42.9 Å². The van der Waals surface area contributed by atoms with E-state index < -0.39 is 70.0 Å². The Bertz CT molecular complexity index is 1110. The lowest BCUT2D eigenvalue weighted by molar-refractivity contribution is -0.232. The number of rotatable bonds is 4. The van der Waals surface area contributed by atoms with Crippen LogP contribution in [0.2, 0.25) is 0 Å². The molecule has 0 bridgehead atoms. The first-order valence-corrected chi connectivity index (χ1v) is 14.3. The minimum Gasteiger partial charge on any atom is -0.478 e. The van der Waals surface area contributed by atoms with Gasteiger partial charge in [0.15, 0.2) is 11.5 Å². The van der Waals surface area contributed by atoms with E-state index in [9.17, 15) is 24.6 Å². The van der Waals surface area contributed by atoms with E-state index in [0.717, 1.165) is 25.3 Å². The molecule has 9 heteroatoms. The number of fused-ring (bicyclic) bond motifs is 5. The smallest absolute Gasteiger partial charge is 0.478 e. The molecule has 5 aliphatic rings. The summed E-state index contributed by atoms with van der Waals surface area (Å²) in [6.07, 6.45) is 2.72. The zero-order valence-corrected chi connectivity index (χ0v) is 23.1. The molecule has 7 nitrogen and oxygen atoms in total. The van der Waals surface area contributed by atoms with Gasteiger partial charge in [0.2, 0.25) is 5.60 Å². The maximum atomic E-state index is 17.4. The summed E-state index contributed by atoms with van der Waals surface area (Å²) in [4.78, 5) is 38.1. The summed E-state index contributed by atoms with van der Waals surface area (Å²) in [5.41, 5.74) is -7.38. The Labute approximate surface area is 228 Å². The van der Waals surface area contributed by atoms with Gasteiger partial charge in [0.1, 0.15) is 12.3 Å². The van der Waals surface area contributed by atoms with Gasteiger partial charge >= 0.3 is 12.1 Å². The molecule has 9 atom stereocenters. The highest BCUT2D eigenvalue weighted by Crippen LogP contribution is 2.71. The highest BCUT2D eigenvalue weighted by Gasteiger charge is 2.78. The Hall–Kier alpha value is -2.29. The molecule has 216 valence electrons. The van der Waals surface area contributed by atoms with Crippen LogP contribution in [0.15, 0.2) is 23.8 Å². The topological polar surface area (TPSA) is 110 Å². The van der Waals surface area contributed by atoms with E-state index in [2.05, 4.69) is 6.92 Å². The Morgan fingerprint density at radius 2 is 1.79 bits per heavy atom. The van der Waals surface area contributed by atoms with Crippen molar-refractivity contribution in [2.24, 2.45) is 34.5 Å². The standard InChI is InChI=1S/C30H40F2O7/c1-5-17-6-8-19(9-7-17)38-26(37)39-30(25(35)36)16(2)12-20-21-14-23(31)22-13-18(33)10-11-27(22,3)29(21,32)24(34)15-28(20,30)4/h10-11,13,16-17,19-21,23-24,34H,5-9,12,14-15H2,1-4H3,(H,35,36)/t16-,17?,19?,20-,21-,23+,24+,27-,28-,29?,30-/m0/s1. The van der Waals surface area contributed by atoms with E-state index in [4.69, 9.17) is 9.47 Å². The summed E-state index contributed by atoms with van der Waals surface area (Å²) in [6.45, 7) is 6.88. The van der Waals surface area contributed by atoms with Gasteiger partial charge in [-0.2, -0.15) is 0 Å². The second-order valence-corrected chi connectivity index (χ2v) is 13.1. The van der Waals surface area contributed by atoms with Crippen molar-refractivity contribution in [2.45, 2.75) is 109 Å². The normalized spacial score (nSPS) is 48.8. The molecule has 1 unspecified atom stereocenters. The maximum Gasteiger partial charge on any atom is 0.509 e. The highest BCUT2D eigenvalue weighted by molar-refractivity contribution is 6.01. The monoisotopic (exact) mass is 550 g/mol. The lowest BCUT2D eigenvalue weighted by Crippen LogP contribution is -2.71. The molecule has 0 aromatic carbocycles. The largest absolute Gasteiger partial charge is 0.509 e. The quantitative estimate of drug-likeness (QED) is 0.445. The number of aliphatic hydroxyl groups excluding tert-OH is 1. The number of aliphatic carboxylic acids is 1. The summed E-state index contributed by atoms with van der Waals surface area (Å²) in [5.74, 6) is -3.74. The Morgan fingerprint density at radius 1 is 1.13 bits per heavy atom. The molecule has 0 heterocycles. The molecule has 0 amide bonds. The number of ketones is 1.